The number of carbonyl (C=O) groups is 2. The SMILES string of the molecule is CCCCCCCCCCCCCCCCCCCCCCCCCCCCCCCCCCCCCC(=O)OC(COC(=O)CCCCCCCCCCCCCCCCCCCCCCCCC)COP(=O)([O-])OCC[N+](C)(C)C. The predicted octanol–water partition coefficient (Wildman–Crippen LogP) is 23.1. The molecule has 0 aliphatic heterocycles. The molecule has 2 atom stereocenters. The summed E-state index contributed by atoms with van der Waals surface area (Å²) < 4.78 is 34.4. The van der Waals surface area contributed by atoms with Crippen LogP contribution in [-0.4, -0.2) is 70.0 Å². The van der Waals surface area contributed by atoms with Gasteiger partial charge in [0.2, 0.25) is 0 Å². The zero-order valence-corrected chi connectivity index (χ0v) is 56.9. The van der Waals surface area contributed by atoms with Gasteiger partial charge in [0, 0.05) is 12.8 Å². The minimum Gasteiger partial charge on any atom is -0.756 e. The van der Waals surface area contributed by atoms with E-state index in [0.29, 0.717) is 17.4 Å². The normalized spacial score (nSPS) is 13.0. The Morgan fingerprint density at radius 1 is 0.329 bits per heavy atom. The van der Waals surface area contributed by atoms with Crippen molar-refractivity contribution in [1.29, 1.82) is 0 Å². The molecule has 0 rings (SSSR count). The Morgan fingerprint density at radius 2 is 0.549 bits per heavy atom. The summed E-state index contributed by atoms with van der Waals surface area (Å²) in [6, 6.07) is 0. The topological polar surface area (TPSA) is 111 Å². The number of nitrogens with zero attached hydrogens (tertiary/aromatic N) is 1. The van der Waals surface area contributed by atoms with Gasteiger partial charge in [-0.05, 0) is 12.8 Å². The molecular formula is C72H144NO8P. The molecule has 0 bridgehead atoms. The van der Waals surface area contributed by atoms with Crippen molar-refractivity contribution in [3.05, 3.63) is 0 Å². The number of unbranched alkanes of at least 4 members (excludes halogenated alkanes) is 56. The molecule has 490 valence electrons. The van der Waals surface area contributed by atoms with Gasteiger partial charge in [-0.3, -0.25) is 14.2 Å². The molecule has 10 heteroatoms. The van der Waals surface area contributed by atoms with Gasteiger partial charge in [0.1, 0.15) is 19.8 Å². The Labute approximate surface area is 512 Å². The van der Waals surface area contributed by atoms with Crippen LogP contribution in [0, 0.1) is 0 Å². The maximum absolute atomic E-state index is 12.9. The molecule has 0 aromatic carbocycles. The molecule has 0 aliphatic carbocycles. The van der Waals surface area contributed by atoms with Gasteiger partial charge in [-0.15, -0.1) is 0 Å². The Kier molecular flexibility index (Phi) is 63.7. The maximum Gasteiger partial charge on any atom is 0.306 e. The van der Waals surface area contributed by atoms with Crippen molar-refractivity contribution in [2.75, 3.05) is 47.5 Å². The lowest BCUT2D eigenvalue weighted by atomic mass is 10.0. The highest BCUT2D eigenvalue weighted by Crippen LogP contribution is 2.38. The molecule has 0 saturated heterocycles. The predicted molar refractivity (Wildman–Crippen MR) is 352 cm³/mol. The average molecular weight is 1180 g/mol. The minimum atomic E-state index is -4.63. The quantitative estimate of drug-likeness (QED) is 0.0256. The summed E-state index contributed by atoms with van der Waals surface area (Å²) in [7, 11) is 1.20. The lowest BCUT2D eigenvalue weighted by Gasteiger charge is -2.28. The molecule has 2 unspecified atom stereocenters. The summed E-state index contributed by atoms with van der Waals surface area (Å²) in [4.78, 5) is 38.1. The number of esters is 2. The van der Waals surface area contributed by atoms with Crippen LogP contribution in [0.4, 0.5) is 0 Å². The molecule has 0 saturated carbocycles. The smallest absolute Gasteiger partial charge is 0.306 e. The second-order valence-electron chi connectivity index (χ2n) is 26.7. The Morgan fingerprint density at radius 3 is 0.780 bits per heavy atom. The number of hydrogen-bond donors (Lipinski definition) is 0. The summed E-state index contributed by atoms with van der Waals surface area (Å²) in [5.41, 5.74) is 0. The molecule has 0 N–H and O–H groups in total. The van der Waals surface area contributed by atoms with E-state index in [4.69, 9.17) is 18.5 Å². The van der Waals surface area contributed by atoms with Crippen LogP contribution in [0.3, 0.4) is 0 Å². The Bertz CT molecular complexity index is 1340. The van der Waals surface area contributed by atoms with E-state index < -0.39 is 26.5 Å². The van der Waals surface area contributed by atoms with Crippen LogP contribution >= 0.6 is 7.82 Å². The molecule has 0 radical (unpaired) electrons. The molecule has 0 aromatic heterocycles. The number of hydrogen-bond acceptors (Lipinski definition) is 8. The second-order valence-corrected chi connectivity index (χ2v) is 28.1. The van der Waals surface area contributed by atoms with Crippen LogP contribution in [0.1, 0.15) is 399 Å². The molecule has 0 fully saturated rings. The van der Waals surface area contributed by atoms with E-state index in [-0.39, 0.29) is 32.0 Å². The molecule has 9 nitrogen and oxygen atoms in total. The van der Waals surface area contributed by atoms with E-state index in [1.54, 1.807) is 0 Å². The van der Waals surface area contributed by atoms with Crippen molar-refractivity contribution >= 4 is 19.8 Å². The fourth-order valence-corrected chi connectivity index (χ4v) is 12.2. The molecule has 0 amide bonds. The van der Waals surface area contributed by atoms with Gasteiger partial charge in [-0.25, -0.2) is 0 Å². The zero-order chi connectivity index (χ0) is 59.8. The number of likely N-dealkylation sites (N-methyl/N-ethyl adjacent to an activating group) is 1. The van der Waals surface area contributed by atoms with Crippen molar-refractivity contribution in [2.45, 2.75) is 405 Å². The van der Waals surface area contributed by atoms with Crippen LogP contribution in [0.2, 0.25) is 0 Å². The molecule has 82 heavy (non-hydrogen) atoms. The highest BCUT2D eigenvalue weighted by molar-refractivity contribution is 7.45. The summed E-state index contributed by atoms with van der Waals surface area (Å²) in [5, 5.41) is 0. The number of phosphoric acid groups is 1. The van der Waals surface area contributed by atoms with Gasteiger partial charge >= 0.3 is 11.9 Å². The van der Waals surface area contributed by atoms with Gasteiger partial charge in [-0.2, -0.15) is 0 Å². The molecular weight excluding hydrogens is 1040 g/mol. The van der Waals surface area contributed by atoms with Crippen molar-refractivity contribution in [2.24, 2.45) is 0 Å². The first-order valence-corrected chi connectivity index (χ1v) is 38.2. The van der Waals surface area contributed by atoms with E-state index in [2.05, 4.69) is 13.8 Å². The largest absolute Gasteiger partial charge is 0.756 e. The molecule has 0 spiro atoms. The fraction of sp³-hybridized carbons (Fsp3) is 0.972. The van der Waals surface area contributed by atoms with Gasteiger partial charge in [0.25, 0.3) is 7.82 Å². The fourth-order valence-electron chi connectivity index (χ4n) is 11.5. The van der Waals surface area contributed by atoms with Gasteiger partial charge < -0.3 is 27.9 Å². The lowest BCUT2D eigenvalue weighted by Crippen LogP contribution is -2.37. The Balaban J connectivity index is 3.91. The lowest BCUT2D eigenvalue weighted by molar-refractivity contribution is -0.870. The van der Waals surface area contributed by atoms with E-state index in [0.717, 1.165) is 32.1 Å². The third-order valence-electron chi connectivity index (χ3n) is 17.1. The van der Waals surface area contributed by atoms with Crippen molar-refractivity contribution in [1.82, 2.24) is 0 Å². The first kappa shape index (κ1) is 81.0. The van der Waals surface area contributed by atoms with E-state index in [9.17, 15) is 19.0 Å². The summed E-state index contributed by atoms with van der Waals surface area (Å²) in [6.07, 6.45) is 77.8. The summed E-state index contributed by atoms with van der Waals surface area (Å²) in [5.74, 6) is -0.803. The summed E-state index contributed by atoms with van der Waals surface area (Å²) in [6.45, 7) is 4.34. The van der Waals surface area contributed by atoms with Gasteiger partial charge in [0.05, 0.1) is 27.7 Å². The number of carbonyl (C=O) groups excluding carboxylic acids is 2. The molecule has 0 aliphatic rings. The van der Waals surface area contributed by atoms with Crippen molar-refractivity contribution < 1.29 is 42.1 Å². The minimum absolute atomic E-state index is 0.0248. The van der Waals surface area contributed by atoms with Gasteiger partial charge in [0.15, 0.2) is 6.10 Å². The van der Waals surface area contributed by atoms with Crippen LogP contribution in [0.15, 0.2) is 0 Å². The van der Waals surface area contributed by atoms with Crippen LogP contribution in [0.25, 0.3) is 0 Å². The monoisotopic (exact) mass is 1180 g/mol. The number of quaternary nitrogens is 1. The van der Waals surface area contributed by atoms with Crippen molar-refractivity contribution in [3.63, 3.8) is 0 Å². The Hall–Kier alpha value is -0.990. The maximum atomic E-state index is 12.9. The molecule has 0 heterocycles. The van der Waals surface area contributed by atoms with E-state index in [1.165, 1.54) is 334 Å². The van der Waals surface area contributed by atoms with E-state index >= 15 is 0 Å². The number of ether oxygens (including phenoxy) is 2. The second kappa shape index (κ2) is 64.5. The van der Waals surface area contributed by atoms with Crippen LogP contribution in [-0.2, 0) is 32.7 Å². The van der Waals surface area contributed by atoms with E-state index in [1.807, 2.05) is 21.1 Å². The van der Waals surface area contributed by atoms with Crippen LogP contribution in [0.5, 0.6) is 0 Å². The number of phosphoric ester groups is 1. The first-order valence-electron chi connectivity index (χ1n) is 36.7. The van der Waals surface area contributed by atoms with Crippen molar-refractivity contribution in [3.8, 4) is 0 Å². The zero-order valence-electron chi connectivity index (χ0n) is 56.0. The third kappa shape index (κ3) is 68.1. The average Bonchev–Trinajstić information content (AvgIpc) is 3.45. The standard InChI is InChI=1S/C72H144NO8P/c1-6-8-10-12-14-16-18-20-22-24-26-28-30-31-32-33-34-35-36-37-38-39-40-41-43-45-47-49-51-53-55-57-59-61-63-65-72(75)81-70(69-80-82(76,77)79-67-66-73(3,4)5)68-78-71(74)64-62-60-58-56-54-52-50-48-46-44-42-29-27-25-23-21-19-17-15-13-11-9-7-2/h70H,6-69H2,1-5H3. The third-order valence-corrected chi connectivity index (χ3v) is 18.1. The van der Waals surface area contributed by atoms with Crippen LogP contribution < -0.4 is 4.89 Å². The highest BCUT2D eigenvalue weighted by atomic mass is 31.2. The van der Waals surface area contributed by atoms with Gasteiger partial charge in [-0.1, -0.05) is 373 Å². The number of rotatable bonds is 70. The summed E-state index contributed by atoms with van der Waals surface area (Å²) >= 11 is 0. The first-order chi connectivity index (χ1) is 40.0. The molecule has 0 aromatic rings. The highest BCUT2D eigenvalue weighted by Gasteiger charge is 2.22.